The van der Waals surface area contributed by atoms with Crippen LogP contribution in [0.1, 0.15) is 33.6 Å². The second-order valence-corrected chi connectivity index (χ2v) is 6.18. The summed E-state index contributed by atoms with van der Waals surface area (Å²) in [6.07, 6.45) is 2.13. The number of unbranched alkanes of at least 4 members (excludes halogenated alkanes) is 1. The predicted molar refractivity (Wildman–Crippen MR) is 71.5 cm³/mol. The van der Waals surface area contributed by atoms with Gasteiger partial charge < -0.3 is 0 Å². The van der Waals surface area contributed by atoms with Crippen molar-refractivity contribution in [2.45, 2.75) is 33.6 Å². The molecule has 0 aromatic heterocycles. The van der Waals surface area contributed by atoms with Crippen LogP contribution in [0.5, 0.6) is 0 Å². The van der Waals surface area contributed by atoms with Gasteiger partial charge in [0.05, 0.1) is 13.2 Å². The zero-order valence-corrected chi connectivity index (χ0v) is 12.4. The van der Waals surface area contributed by atoms with Gasteiger partial charge in [-0.25, -0.2) is 4.57 Å². The van der Waals surface area contributed by atoms with E-state index in [-0.39, 0.29) is 17.7 Å². The molecule has 0 aliphatic heterocycles. The molecule has 0 N–H and O–H groups in total. The number of rotatable bonds is 8. The van der Waals surface area contributed by atoms with E-state index in [4.69, 9.17) is 20.6 Å². The summed E-state index contributed by atoms with van der Waals surface area (Å²) < 4.78 is 26.0. The Balaban J connectivity index is 4.33. The van der Waals surface area contributed by atoms with Crippen LogP contribution in [0.25, 0.3) is 0 Å². The van der Waals surface area contributed by atoms with Crippen molar-refractivity contribution in [3.8, 4) is 0 Å². The molecule has 4 nitrogen and oxygen atoms in total. The van der Waals surface area contributed by atoms with E-state index in [0.717, 1.165) is 18.6 Å². The van der Waals surface area contributed by atoms with Crippen LogP contribution in [-0.2, 0) is 13.6 Å². The molecule has 16 heavy (non-hydrogen) atoms. The summed E-state index contributed by atoms with van der Waals surface area (Å²) in [7, 11) is -3.39. The van der Waals surface area contributed by atoms with Gasteiger partial charge in [0.25, 0.3) is 0 Å². The Morgan fingerprint density at radius 2 is 1.88 bits per heavy atom. The molecule has 0 aliphatic rings. The fourth-order valence-electron chi connectivity index (χ4n) is 0.847. The topological polar surface area (TPSA) is 47.9 Å². The third-order valence-electron chi connectivity index (χ3n) is 1.50. The lowest BCUT2D eigenvalue weighted by Gasteiger charge is -2.11. The maximum Gasteiger partial charge on any atom is 0.455 e. The first-order valence-electron chi connectivity index (χ1n) is 5.35. The van der Waals surface area contributed by atoms with Crippen LogP contribution in [0.15, 0.2) is 4.76 Å². The molecule has 0 saturated carbocycles. The number of hydrogen-bond acceptors (Lipinski definition) is 4. The first kappa shape index (κ1) is 16.5. The van der Waals surface area contributed by atoms with E-state index in [1.54, 1.807) is 13.8 Å². The molecule has 0 rings (SSSR count). The first-order valence-corrected chi connectivity index (χ1v) is 8.21. The molecule has 0 unspecified atom stereocenters. The first-order chi connectivity index (χ1) is 7.58. The summed E-state index contributed by atoms with van der Waals surface area (Å²) in [5.41, 5.74) is 0. The number of hydrogen-bond donors (Lipinski definition) is 0. The minimum Gasteiger partial charge on any atom is -0.291 e. The van der Waals surface area contributed by atoms with Crippen molar-refractivity contribution in [2.75, 3.05) is 19.0 Å². The molecule has 0 radical (unpaired) electrons. The molecule has 0 amide bonds. The second-order valence-electron chi connectivity index (χ2n) is 2.86. The average molecular weight is 288 g/mol. The summed E-state index contributed by atoms with van der Waals surface area (Å²) in [6, 6.07) is 0. The Hall–Kier alpha value is 0.460. The van der Waals surface area contributed by atoms with Crippen LogP contribution < -0.4 is 0 Å². The molecule has 0 aromatic carbocycles. The van der Waals surface area contributed by atoms with Gasteiger partial charge in [-0.2, -0.15) is 4.76 Å². The third-order valence-corrected chi connectivity index (χ3v) is 4.61. The summed E-state index contributed by atoms with van der Waals surface area (Å²) in [5, 5.41) is 0. The van der Waals surface area contributed by atoms with Crippen molar-refractivity contribution in [3.63, 3.8) is 0 Å². The van der Waals surface area contributed by atoms with Gasteiger partial charge in [0.2, 0.25) is 0 Å². The lowest BCUT2D eigenvalue weighted by atomic mass is 10.4. The van der Waals surface area contributed by atoms with E-state index >= 15 is 0 Å². The molecule has 0 saturated heterocycles. The molecular formula is C9H19ClNO3PS. The highest BCUT2D eigenvalue weighted by atomic mass is 35.5. The average Bonchev–Trinajstić information content (AvgIpc) is 2.18. The highest BCUT2D eigenvalue weighted by Crippen LogP contribution is 2.50. The molecule has 0 spiro atoms. The monoisotopic (exact) mass is 287 g/mol. The number of nitrogens with zero attached hydrogens (tertiary/aromatic N) is 1. The minimum atomic E-state index is -3.39. The van der Waals surface area contributed by atoms with Crippen LogP contribution in [0.2, 0.25) is 0 Å². The molecule has 0 aliphatic carbocycles. The lowest BCUT2D eigenvalue weighted by Crippen LogP contribution is -1.95. The smallest absolute Gasteiger partial charge is 0.291 e. The van der Waals surface area contributed by atoms with Crippen LogP contribution in [-0.4, -0.2) is 23.5 Å². The highest BCUT2D eigenvalue weighted by Gasteiger charge is 2.23. The van der Waals surface area contributed by atoms with Gasteiger partial charge in [-0.1, -0.05) is 36.7 Å². The fourth-order valence-corrected chi connectivity index (χ4v) is 3.52. The van der Waals surface area contributed by atoms with E-state index < -0.39 is 7.75 Å². The highest BCUT2D eigenvalue weighted by molar-refractivity contribution is 8.17. The summed E-state index contributed by atoms with van der Waals surface area (Å²) >= 11 is 7.22. The summed E-state index contributed by atoms with van der Waals surface area (Å²) in [6.45, 7) is 6.13. The van der Waals surface area contributed by atoms with Gasteiger partial charge in [-0.15, -0.1) is 0 Å². The van der Waals surface area contributed by atoms with E-state index in [9.17, 15) is 4.57 Å². The van der Waals surface area contributed by atoms with Crippen LogP contribution >= 0.6 is 31.1 Å². The molecule has 7 heteroatoms. The SMILES string of the molecule is CCCCS/C(Cl)=N/P(=O)(OCC)OCC. The zero-order valence-electron chi connectivity index (χ0n) is 9.94. The number of halogens is 1. The molecule has 96 valence electrons. The lowest BCUT2D eigenvalue weighted by molar-refractivity contribution is 0.221. The fraction of sp³-hybridized carbons (Fsp3) is 0.889. The van der Waals surface area contributed by atoms with Crippen molar-refractivity contribution < 1.29 is 13.6 Å². The summed E-state index contributed by atoms with van der Waals surface area (Å²) in [4.78, 5) is 0. The standard InChI is InChI=1S/C9H19ClNO3PS/c1-4-7-8-16-9(10)11-15(12,13-5-2)14-6-3/h4-8H2,1-3H3/b11-9+. The van der Waals surface area contributed by atoms with Gasteiger partial charge in [0.1, 0.15) is 0 Å². The quantitative estimate of drug-likeness (QED) is 0.289. The molecular weight excluding hydrogens is 269 g/mol. The van der Waals surface area contributed by atoms with Gasteiger partial charge in [-0.3, -0.25) is 9.05 Å². The number of thioether (sulfide) groups is 1. The van der Waals surface area contributed by atoms with Crippen LogP contribution in [0.3, 0.4) is 0 Å². The maximum absolute atomic E-state index is 11.9. The van der Waals surface area contributed by atoms with Gasteiger partial charge in [0.15, 0.2) is 4.50 Å². The van der Waals surface area contributed by atoms with E-state index in [0.29, 0.717) is 0 Å². The van der Waals surface area contributed by atoms with Gasteiger partial charge >= 0.3 is 7.75 Å². The van der Waals surface area contributed by atoms with Gasteiger partial charge in [-0.05, 0) is 20.3 Å². The largest absolute Gasteiger partial charge is 0.455 e. The van der Waals surface area contributed by atoms with E-state index in [1.807, 2.05) is 0 Å². The maximum atomic E-state index is 11.9. The van der Waals surface area contributed by atoms with Crippen molar-refractivity contribution in [1.29, 1.82) is 0 Å². The van der Waals surface area contributed by atoms with Crippen molar-refractivity contribution >= 4 is 35.6 Å². The Kier molecular flexibility index (Phi) is 9.76. The Bertz CT molecular complexity index is 253. The molecule has 0 heterocycles. The normalized spacial score (nSPS) is 13.1. The Morgan fingerprint density at radius 3 is 2.31 bits per heavy atom. The Morgan fingerprint density at radius 1 is 1.31 bits per heavy atom. The van der Waals surface area contributed by atoms with E-state index in [1.165, 1.54) is 11.8 Å². The zero-order chi connectivity index (χ0) is 12.4. The third kappa shape index (κ3) is 7.69. The second kappa shape index (κ2) is 9.49. The van der Waals surface area contributed by atoms with Gasteiger partial charge in [0, 0.05) is 5.75 Å². The van der Waals surface area contributed by atoms with Crippen LogP contribution in [0, 0.1) is 0 Å². The van der Waals surface area contributed by atoms with Crippen LogP contribution in [0.4, 0.5) is 0 Å². The summed E-state index contributed by atoms with van der Waals surface area (Å²) in [5.74, 6) is 0.858. The molecule has 0 atom stereocenters. The van der Waals surface area contributed by atoms with E-state index in [2.05, 4.69) is 11.7 Å². The molecule has 0 bridgehead atoms. The molecule has 0 aromatic rings. The van der Waals surface area contributed by atoms with Crippen molar-refractivity contribution in [2.24, 2.45) is 4.76 Å². The predicted octanol–water partition coefficient (Wildman–Crippen LogP) is 4.30. The molecule has 0 fully saturated rings. The van der Waals surface area contributed by atoms with Crippen molar-refractivity contribution in [1.82, 2.24) is 0 Å². The minimum absolute atomic E-state index is 0.235. The van der Waals surface area contributed by atoms with Crippen molar-refractivity contribution in [3.05, 3.63) is 0 Å². The Labute approximate surface area is 107 Å².